The van der Waals surface area contributed by atoms with Crippen LogP contribution in [-0.2, 0) is 14.5 Å². The zero-order valence-corrected chi connectivity index (χ0v) is 21.4. The van der Waals surface area contributed by atoms with Crippen molar-refractivity contribution in [2.45, 2.75) is 39.5 Å². The van der Waals surface area contributed by atoms with E-state index in [-0.39, 0.29) is 0 Å². The van der Waals surface area contributed by atoms with Crippen molar-refractivity contribution in [1.29, 1.82) is 0 Å². The third-order valence-electron chi connectivity index (χ3n) is 4.36. The number of amides is 1. The molecule has 2 aromatic rings. The summed E-state index contributed by atoms with van der Waals surface area (Å²) in [5, 5.41) is 0. The van der Waals surface area contributed by atoms with E-state index in [1.165, 1.54) is 6.26 Å². The summed E-state index contributed by atoms with van der Waals surface area (Å²) in [4.78, 5) is 23.6. The Morgan fingerprint density at radius 3 is 2.61 bits per heavy atom. The molecule has 0 aliphatic carbocycles. The third-order valence-corrected chi connectivity index (χ3v) is 6.57. The summed E-state index contributed by atoms with van der Waals surface area (Å²) in [6.07, 6.45) is 3.20. The van der Waals surface area contributed by atoms with Gasteiger partial charge in [-0.05, 0) is 54.0 Å². The van der Waals surface area contributed by atoms with Gasteiger partial charge < -0.3 is 9.64 Å². The summed E-state index contributed by atoms with van der Waals surface area (Å²) in [5.41, 5.74) is 0.736. The number of carbonyl (C=O) groups excluding carboxylic acids is 1. The van der Waals surface area contributed by atoms with Crippen LogP contribution in [-0.4, -0.2) is 46.2 Å². The highest BCUT2D eigenvalue weighted by Gasteiger charge is 2.23. The minimum Gasteiger partial charge on any atom is -0.438 e. The van der Waals surface area contributed by atoms with Gasteiger partial charge in [0, 0.05) is 25.3 Å². The van der Waals surface area contributed by atoms with Crippen molar-refractivity contribution >= 4 is 43.6 Å². The van der Waals surface area contributed by atoms with E-state index in [0.717, 1.165) is 12.2 Å². The van der Waals surface area contributed by atoms with E-state index in [2.05, 4.69) is 30.3 Å². The number of aryl methyl sites for hydroxylation is 1. The fourth-order valence-electron chi connectivity index (χ4n) is 2.23. The molecule has 9 heteroatoms. The Bertz CT molecular complexity index is 1120. The number of carbonyl (C=O) groups is 1. The van der Waals surface area contributed by atoms with Crippen LogP contribution in [0.15, 0.2) is 49.1 Å². The van der Waals surface area contributed by atoms with Crippen LogP contribution in [0.2, 0.25) is 0 Å². The fourth-order valence-corrected chi connectivity index (χ4v) is 3.97. The van der Waals surface area contributed by atoms with Gasteiger partial charge in [-0.2, -0.15) is 4.36 Å². The number of hydrogen-bond acceptors (Lipinski definition) is 5. The maximum Gasteiger partial charge on any atom is 0.259 e. The predicted octanol–water partition coefficient (Wildman–Crippen LogP) is 5.59. The molecule has 0 spiro atoms. The first-order valence-electron chi connectivity index (χ1n) is 9.79. The largest absolute Gasteiger partial charge is 0.438 e. The summed E-state index contributed by atoms with van der Waals surface area (Å²) in [6, 6.07) is 8.57. The monoisotopic (exact) mass is 508 g/mol. The second-order valence-electron chi connectivity index (χ2n) is 8.22. The molecule has 0 aliphatic heterocycles. The molecule has 0 N–H and O–H groups in total. The lowest BCUT2D eigenvalue weighted by atomic mass is 9.96. The molecule has 1 aromatic carbocycles. The maximum absolute atomic E-state index is 13.1. The Kier molecular flexibility index (Phi) is 7.99. The van der Waals surface area contributed by atoms with Crippen LogP contribution in [0.1, 0.15) is 33.4 Å². The van der Waals surface area contributed by atoms with Crippen molar-refractivity contribution in [3.05, 3.63) is 40.5 Å². The molecule has 1 amide bonds. The number of halogens is 1. The van der Waals surface area contributed by atoms with Crippen molar-refractivity contribution in [2.75, 3.05) is 19.8 Å². The molecule has 1 heterocycles. The van der Waals surface area contributed by atoms with Gasteiger partial charge in [-0.3, -0.25) is 4.79 Å². The Labute approximate surface area is 193 Å². The van der Waals surface area contributed by atoms with E-state index in [1.807, 2.05) is 31.9 Å². The number of aliphatic imine (C=N–C) groups is 1. The zero-order chi connectivity index (χ0) is 23.4. The third kappa shape index (κ3) is 6.87. The van der Waals surface area contributed by atoms with Crippen LogP contribution >= 0.6 is 15.9 Å². The zero-order valence-electron chi connectivity index (χ0n) is 19.0. The second kappa shape index (κ2) is 9.91. The Hall–Kier alpha value is -2.26. The van der Waals surface area contributed by atoms with Crippen molar-refractivity contribution in [1.82, 2.24) is 9.88 Å². The number of rotatable bonds is 6. The topological polar surface area (TPSA) is 84.2 Å². The van der Waals surface area contributed by atoms with Gasteiger partial charge in [0.2, 0.25) is 5.88 Å². The molecule has 0 fully saturated rings. The lowest BCUT2D eigenvalue weighted by Crippen LogP contribution is -2.19. The number of hydrogen-bond donors (Lipinski definition) is 0. The summed E-state index contributed by atoms with van der Waals surface area (Å²) in [5.74, 6) is 0.402. The van der Waals surface area contributed by atoms with E-state index in [9.17, 15) is 9.00 Å². The lowest BCUT2D eigenvalue weighted by molar-refractivity contribution is -0.124. The lowest BCUT2D eigenvalue weighted by Gasteiger charge is -2.14. The van der Waals surface area contributed by atoms with Crippen molar-refractivity contribution in [3.8, 4) is 11.6 Å². The van der Waals surface area contributed by atoms with Gasteiger partial charge in [0.25, 0.3) is 5.91 Å². The van der Waals surface area contributed by atoms with Crippen LogP contribution in [0, 0.1) is 12.3 Å². The molecule has 168 valence electrons. The predicted molar refractivity (Wildman–Crippen MR) is 129 cm³/mol. The molecule has 1 aromatic heterocycles. The molecule has 0 saturated heterocycles. The average Bonchev–Trinajstić information content (AvgIpc) is 2.68. The standard InChI is InChI=1S/C22H29BrN4O3S/c1-8-27(6)14-24-19-13-18(23)20(25-15(19)2)30-16-10-9-11-17(12-16)31(7,29)26-21(28)22(3,4)5/h9-14H,8H2,1-7H3. The highest BCUT2D eigenvalue weighted by atomic mass is 79.9. The first kappa shape index (κ1) is 25.0. The first-order valence-corrected chi connectivity index (χ1v) is 12.5. The minimum atomic E-state index is -2.91. The molecule has 0 radical (unpaired) electrons. The molecule has 0 bridgehead atoms. The minimum absolute atomic E-state index is 0.364. The number of aromatic nitrogens is 1. The van der Waals surface area contributed by atoms with E-state index in [4.69, 9.17) is 4.74 Å². The van der Waals surface area contributed by atoms with Gasteiger partial charge in [0.05, 0.1) is 36.8 Å². The molecule has 7 nitrogen and oxygen atoms in total. The van der Waals surface area contributed by atoms with Gasteiger partial charge in [-0.25, -0.2) is 14.2 Å². The van der Waals surface area contributed by atoms with Crippen LogP contribution in [0.4, 0.5) is 5.69 Å². The van der Waals surface area contributed by atoms with Gasteiger partial charge in [0.15, 0.2) is 0 Å². The first-order chi connectivity index (χ1) is 14.3. The van der Waals surface area contributed by atoms with Crippen LogP contribution < -0.4 is 4.74 Å². The van der Waals surface area contributed by atoms with E-state index in [0.29, 0.717) is 26.7 Å². The summed E-state index contributed by atoms with van der Waals surface area (Å²) < 4.78 is 23.6. The molecule has 2 rings (SSSR count). The number of benzene rings is 1. The number of nitrogens with zero attached hydrogens (tertiary/aromatic N) is 4. The van der Waals surface area contributed by atoms with Crippen molar-refractivity contribution < 1.29 is 13.7 Å². The van der Waals surface area contributed by atoms with E-state index >= 15 is 0 Å². The fraction of sp³-hybridized carbons (Fsp3) is 0.409. The maximum atomic E-state index is 13.1. The van der Waals surface area contributed by atoms with Crippen LogP contribution in [0.5, 0.6) is 11.6 Å². The van der Waals surface area contributed by atoms with Crippen molar-refractivity contribution in [3.63, 3.8) is 0 Å². The second-order valence-corrected chi connectivity index (χ2v) is 11.3. The average molecular weight is 509 g/mol. The molecule has 1 atom stereocenters. The SMILES string of the molecule is CCN(C)C=Nc1cc(Br)c(Oc2cccc(S(C)(=O)=NC(=O)C(C)(C)C)c2)nc1C. The van der Waals surface area contributed by atoms with Crippen LogP contribution in [0.3, 0.4) is 0 Å². The van der Waals surface area contributed by atoms with E-state index in [1.54, 1.807) is 51.4 Å². The quantitative estimate of drug-likeness (QED) is 0.375. The Morgan fingerprint density at radius 1 is 1.32 bits per heavy atom. The van der Waals surface area contributed by atoms with Gasteiger partial charge in [0.1, 0.15) is 5.75 Å². The van der Waals surface area contributed by atoms with Gasteiger partial charge in [-0.15, -0.1) is 0 Å². The highest BCUT2D eigenvalue weighted by molar-refractivity contribution is 9.10. The summed E-state index contributed by atoms with van der Waals surface area (Å²) in [6.45, 7) is 9.97. The summed E-state index contributed by atoms with van der Waals surface area (Å²) >= 11 is 3.48. The van der Waals surface area contributed by atoms with E-state index < -0.39 is 21.1 Å². The molecule has 0 saturated carbocycles. The molecule has 1 unspecified atom stereocenters. The Balaban J connectivity index is 2.34. The molecule has 31 heavy (non-hydrogen) atoms. The van der Waals surface area contributed by atoms with Gasteiger partial charge in [-0.1, -0.05) is 26.8 Å². The molecule has 0 aliphatic rings. The number of ether oxygens (including phenoxy) is 1. The van der Waals surface area contributed by atoms with Gasteiger partial charge >= 0.3 is 0 Å². The van der Waals surface area contributed by atoms with Crippen LogP contribution in [0.25, 0.3) is 0 Å². The smallest absolute Gasteiger partial charge is 0.259 e. The normalized spacial score (nSPS) is 13.7. The Morgan fingerprint density at radius 2 is 2.00 bits per heavy atom. The summed E-state index contributed by atoms with van der Waals surface area (Å²) in [7, 11) is -0.968. The molecular weight excluding hydrogens is 480 g/mol. The van der Waals surface area contributed by atoms with Crippen molar-refractivity contribution in [2.24, 2.45) is 14.8 Å². The molecular formula is C22H29BrN4O3S. The number of pyridine rings is 1. The highest BCUT2D eigenvalue weighted by Crippen LogP contribution is 2.33.